The highest BCUT2D eigenvalue weighted by atomic mass is 16.5. The van der Waals surface area contributed by atoms with Crippen LogP contribution in [0, 0.1) is 5.92 Å². The molecule has 3 aromatic carbocycles. The molecule has 5 heterocycles. The van der Waals surface area contributed by atoms with Crippen molar-refractivity contribution >= 4 is 39.9 Å². The molecular weight excluding hydrogens is 638 g/mol. The molecule has 0 aliphatic carbocycles. The van der Waals surface area contributed by atoms with Crippen LogP contribution in [0.25, 0.3) is 44.2 Å². The number of H-pyrrole nitrogens is 2. The molecule has 0 saturated carbocycles. The van der Waals surface area contributed by atoms with Crippen molar-refractivity contribution in [2.24, 2.45) is 5.92 Å². The van der Waals surface area contributed by atoms with Crippen molar-refractivity contribution < 1.29 is 29.0 Å². The topological polar surface area (TPSA) is 166 Å². The average molecular weight is 678 g/mol. The van der Waals surface area contributed by atoms with E-state index in [0.29, 0.717) is 25.5 Å². The number of hydrogen-bond acceptors (Lipinski definition) is 7. The summed E-state index contributed by atoms with van der Waals surface area (Å²) in [7, 11) is 1.29. The van der Waals surface area contributed by atoms with Crippen molar-refractivity contribution in [3.63, 3.8) is 0 Å². The zero-order valence-corrected chi connectivity index (χ0v) is 28.2. The van der Waals surface area contributed by atoms with E-state index in [9.17, 15) is 19.5 Å². The molecule has 0 spiro atoms. The number of hydrogen-bond donors (Lipinski definition) is 4. The summed E-state index contributed by atoms with van der Waals surface area (Å²) < 4.78 is 11.1. The standard InChI is InChI=1S/C37H39N7O6/c1-19(2)31(42-36(46)49-3)35(45)43-12-4-7-29(43)34-39-26-11-9-20-15-25-23-10-8-21(14-22(23)18-50-30(25)16-24(20)32(26)41-34)27-17-38-33(40-27)28-6-5-13-44(28)37(47)48/h8-11,14-17,19,28-29,31H,4-7,12-13,18H2,1-3H3,(H,38,40)(H,39,41)(H,42,46)(H,47,48)/t28-,29+,31+/m1/s1. The Balaban J connectivity index is 1.08. The molecule has 13 heteroatoms. The van der Waals surface area contributed by atoms with Crippen LogP contribution in [0.4, 0.5) is 9.59 Å². The molecule has 3 amide bonds. The van der Waals surface area contributed by atoms with Crippen LogP contribution in [-0.4, -0.2) is 79.2 Å². The zero-order chi connectivity index (χ0) is 34.7. The molecule has 3 atom stereocenters. The van der Waals surface area contributed by atoms with Gasteiger partial charge in [0, 0.05) is 24.0 Å². The number of benzene rings is 3. The van der Waals surface area contributed by atoms with Gasteiger partial charge in [-0.15, -0.1) is 0 Å². The lowest BCUT2D eigenvalue weighted by molar-refractivity contribution is -0.135. The number of carbonyl (C=O) groups is 3. The maximum absolute atomic E-state index is 13.7. The fraction of sp³-hybridized carbons (Fsp3) is 0.378. The van der Waals surface area contributed by atoms with Crippen LogP contribution in [0.1, 0.15) is 68.8 Å². The Morgan fingerprint density at radius 2 is 1.76 bits per heavy atom. The lowest BCUT2D eigenvalue weighted by Gasteiger charge is -2.29. The minimum atomic E-state index is -0.922. The molecule has 8 rings (SSSR count). The van der Waals surface area contributed by atoms with E-state index >= 15 is 0 Å². The van der Waals surface area contributed by atoms with Gasteiger partial charge in [0.1, 0.15) is 30.0 Å². The van der Waals surface area contributed by atoms with Gasteiger partial charge in [0.25, 0.3) is 0 Å². The second-order valence-electron chi connectivity index (χ2n) is 13.7. The molecule has 50 heavy (non-hydrogen) atoms. The van der Waals surface area contributed by atoms with E-state index in [1.165, 1.54) is 12.0 Å². The van der Waals surface area contributed by atoms with Gasteiger partial charge < -0.3 is 34.8 Å². The highest BCUT2D eigenvalue weighted by molar-refractivity contribution is 6.07. The third-order valence-corrected chi connectivity index (χ3v) is 10.3. The number of ether oxygens (including phenoxy) is 2. The average Bonchev–Trinajstić information content (AvgIpc) is 3.94. The number of methoxy groups -OCH3 is 1. The number of likely N-dealkylation sites (tertiary alicyclic amines) is 2. The Labute approximate surface area is 288 Å². The molecule has 0 unspecified atom stereocenters. The van der Waals surface area contributed by atoms with E-state index < -0.39 is 18.2 Å². The van der Waals surface area contributed by atoms with Crippen molar-refractivity contribution in [2.75, 3.05) is 20.2 Å². The number of aromatic nitrogens is 4. The largest absolute Gasteiger partial charge is 0.488 e. The second kappa shape index (κ2) is 12.4. The number of fused-ring (bicyclic) bond motifs is 6. The van der Waals surface area contributed by atoms with Crippen LogP contribution >= 0.6 is 0 Å². The Hall–Kier alpha value is -5.59. The van der Waals surface area contributed by atoms with Gasteiger partial charge in [-0.05, 0) is 77.9 Å². The first-order valence-corrected chi connectivity index (χ1v) is 17.1. The first-order valence-electron chi connectivity index (χ1n) is 17.1. The van der Waals surface area contributed by atoms with Crippen molar-refractivity contribution in [1.29, 1.82) is 0 Å². The van der Waals surface area contributed by atoms with Crippen LogP contribution in [0.3, 0.4) is 0 Å². The van der Waals surface area contributed by atoms with Crippen molar-refractivity contribution in [2.45, 2.75) is 64.3 Å². The highest BCUT2D eigenvalue weighted by Crippen LogP contribution is 2.43. The minimum absolute atomic E-state index is 0.114. The number of aromatic amines is 2. The van der Waals surface area contributed by atoms with Gasteiger partial charge >= 0.3 is 12.2 Å². The summed E-state index contributed by atoms with van der Waals surface area (Å²) in [5, 5.41) is 14.3. The second-order valence-corrected chi connectivity index (χ2v) is 13.7. The monoisotopic (exact) mass is 677 g/mol. The Kier molecular flexibility index (Phi) is 7.84. The lowest BCUT2D eigenvalue weighted by Crippen LogP contribution is -2.51. The van der Waals surface area contributed by atoms with Gasteiger partial charge in [-0.25, -0.2) is 19.6 Å². The summed E-state index contributed by atoms with van der Waals surface area (Å²) >= 11 is 0. The first kappa shape index (κ1) is 31.7. The number of nitrogens with zero attached hydrogens (tertiary/aromatic N) is 4. The van der Waals surface area contributed by atoms with Crippen molar-refractivity contribution in [1.82, 2.24) is 35.1 Å². The number of rotatable bonds is 6. The van der Waals surface area contributed by atoms with E-state index in [-0.39, 0.29) is 23.9 Å². The molecule has 2 saturated heterocycles. The SMILES string of the molecule is COC(=O)N[C@H](C(=O)N1CCC[C@H]1c1nc2c(ccc3cc4c(cc32)OCc2cc(-c3cnc([C@H]5CCCN5C(=O)O)[nH]3)ccc2-4)[nH]1)C(C)C. The molecule has 2 fully saturated rings. The number of carboxylic acid groups (broad SMARTS) is 1. The third-order valence-electron chi connectivity index (χ3n) is 10.3. The maximum Gasteiger partial charge on any atom is 0.407 e. The molecule has 0 bridgehead atoms. The highest BCUT2D eigenvalue weighted by Gasteiger charge is 2.38. The number of alkyl carbamates (subject to hydrolysis) is 1. The van der Waals surface area contributed by atoms with Gasteiger partial charge in [-0.3, -0.25) is 9.69 Å². The smallest absolute Gasteiger partial charge is 0.407 e. The maximum atomic E-state index is 13.7. The normalized spacial score (nSPS) is 19.0. The summed E-state index contributed by atoms with van der Waals surface area (Å²) in [6.45, 7) is 5.31. The third kappa shape index (κ3) is 5.37. The quantitative estimate of drug-likeness (QED) is 0.158. The van der Waals surface area contributed by atoms with Gasteiger partial charge in [0.15, 0.2) is 0 Å². The zero-order valence-electron chi connectivity index (χ0n) is 28.2. The van der Waals surface area contributed by atoms with E-state index in [0.717, 1.165) is 87.0 Å². The van der Waals surface area contributed by atoms with E-state index in [1.54, 1.807) is 6.20 Å². The van der Waals surface area contributed by atoms with Gasteiger partial charge in [0.05, 0.1) is 42.1 Å². The molecule has 0 radical (unpaired) electrons. The fourth-order valence-corrected chi connectivity index (χ4v) is 7.76. The van der Waals surface area contributed by atoms with Crippen LogP contribution in [-0.2, 0) is 16.1 Å². The first-order chi connectivity index (χ1) is 24.2. The molecule has 4 N–H and O–H groups in total. The predicted octanol–water partition coefficient (Wildman–Crippen LogP) is 6.52. The van der Waals surface area contributed by atoms with Crippen LogP contribution in [0.2, 0.25) is 0 Å². The Morgan fingerprint density at radius 1 is 0.980 bits per heavy atom. The molecule has 3 aliphatic rings. The number of carbonyl (C=O) groups excluding carboxylic acids is 2. The van der Waals surface area contributed by atoms with E-state index in [1.807, 2.05) is 24.8 Å². The number of amides is 3. The van der Waals surface area contributed by atoms with Crippen LogP contribution in [0.5, 0.6) is 5.75 Å². The van der Waals surface area contributed by atoms with Crippen molar-refractivity contribution in [3.8, 4) is 28.1 Å². The fourth-order valence-electron chi connectivity index (χ4n) is 7.76. The summed E-state index contributed by atoms with van der Waals surface area (Å²) in [5.74, 6) is 1.91. The Morgan fingerprint density at radius 3 is 2.52 bits per heavy atom. The van der Waals surface area contributed by atoms with Crippen molar-refractivity contribution in [3.05, 3.63) is 65.9 Å². The van der Waals surface area contributed by atoms with Crippen LogP contribution in [0.15, 0.2) is 48.7 Å². The number of imidazole rings is 2. The molecule has 13 nitrogen and oxygen atoms in total. The summed E-state index contributed by atoms with van der Waals surface area (Å²) in [6.07, 6.45) is 3.40. The summed E-state index contributed by atoms with van der Waals surface area (Å²) in [5.41, 5.74) is 6.63. The molecular formula is C37H39N7O6. The molecule has 2 aromatic heterocycles. The van der Waals surface area contributed by atoms with E-state index in [2.05, 4.69) is 56.7 Å². The van der Waals surface area contributed by atoms with Gasteiger partial charge in [0.2, 0.25) is 5.91 Å². The summed E-state index contributed by atoms with van der Waals surface area (Å²) in [6, 6.07) is 13.4. The molecule has 5 aromatic rings. The number of nitrogens with one attached hydrogen (secondary N) is 3. The minimum Gasteiger partial charge on any atom is -0.488 e. The van der Waals surface area contributed by atoms with E-state index in [4.69, 9.17) is 14.5 Å². The molecule has 3 aliphatic heterocycles. The molecule has 258 valence electrons. The summed E-state index contributed by atoms with van der Waals surface area (Å²) in [4.78, 5) is 57.1. The van der Waals surface area contributed by atoms with Crippen LogP contribution < -0.4 is 10.1 Å². The lowest BCUT2D eigenvalue weighted by atomic mass is 9.92. The Bertz CT molecular complexity index is 2150. The van der Waals surface area contributed by atoms with Gasteiger partial charge in [-0.1, -0.05) is 32.0 Å². The predicted molar refractivity (Wildman–Crippen MR) is 186 cm³/mol. The van der Waals surface area contributed by atoms with Gasteiger partial charge in [-0.2, -0.15) is 0 Å².